The van der Waals surface area contributed by atoms with E-state index in [2.05, 4.69) is 16.3 Å². The monoisotopic (exact) mass is 434 g/mol. The highest BCUT2D eigenvalue weighted by Gasteiger charge is 2.19. The van der Waals surface area contributed by atoms with Crippen molar-refractivity contribution in [2.45, 2.75) is 13.1 Å². The van der Waals surface area contributed by atoms with Crippen molar-refractivity contribution in [3.8, 4) is 23.3 Å². The third-order valence-corrected chi connectivity index (χ3v) is 5.54. The number of nitriles is 1. The fourth-order valence-electron chi connectivity index (χ4n) is 3.69. The summed E-state index contributed by atoms with van der Waals surface area (Å²) in [5.41, 5.74) is 2.23. The van der Waals surface area contributed by atoms with E-state index in [4.69, 9.17) is 14.2 Å². The third-order valence-electron chi connectivity index (χ3n) is 5.54. The maximum absolute atomic E-state index is 12.5. The molecule has 0 aliphatic carbocycles. The molecular weight excluding hydrogens is 408 g/mol. The van der Waals surface area contributed by atoms with E-state index in [1.807, 2.05) is 47.4 Å². The Hall–Kier alpha value is -3.70. The van der Waals surface area contributed by atoms with Crippen LogP contribution in [0, 0.1) is 11.3 Å². The first-order valence-corrected chi connectivity index (χ1v) is 10.5. The Morgan fingerprint density at radius 2 is 1.81 bits per heavy atom. The van der Waals surface area contributed by atoms with Crippen LogP contribution in [0.2, 0.25) is 0 Å². The van der Waals surface area contributed by atoms with Crippen molar-refractivity contribution in [2.75, 3.05) is 40.1 Å². The Labute approximate surface area is 187 Å². The van der Waals surface area contributed by atoms with Crippen molar-refractivity contribution in [3.63, 3.8) is 0 Å². The zero-order valence-electron chi connectivity index (χ0n) is 18.0. The Bertz CT molecular complexity index is 1020. The van der Waals surface area contributed by atoms with Crippen LogP contribution in [0.5, 0.6) is 17.2 Å². The second-order valence-electron chi connectivity index (χ2n) is 7.69. The first-order chi connectivity index (χ1) is 15.6. The van der Waals surface area contributed by atoms with Gasteiger partial charge in [-0.2, -0.15) is 5.26 Å². The first kappa shape index (κ1) is 21.5. The summed E-state index contributed by atoms with van der Waals surface area (Å²) in [6.45, 7) is 4.64. The van der Waals surface area contributed by atoms with Gasteiger partial charge in [-0.1, -0.05) is 18.2 Å². The summed E-state index contributed by atoms with van der Waals surface area (Å²) >= 11 is 0. The first-order valence-electron chi connectivity index (χ1n) is 10.5. The second kappa shape index (κ2) is 10.1. The predicted octanol–water partition coefficient (Wildman–Crippen LogP) is 2.27. The SMILES string of the molecule is COc1ccc(CNC(=O)/C(C#N)=C\N2CCN(Cc3ccc4c(c3)OCO4)CC2)cc1. The van der Waals surface area contributed by atoms with E-state index < -0.39 is 0 Å². The van der Waals surface area contributed by atoms with E-state index in [0.717, 1.165) is 55.5 Å². The molecule has 2 aromatic rings. The molecule has 2 heterocycles. The van der Waals surface area contributed by atoms with Crippen molar-refractivity contribution in [2.24, 2.45) is 0 Å². The smallest absolute Gasteiger partial charge is 0.263 e. The summed E-state index contributed by atoms with van der Waals surface area (Å²) in [5, 5.41) is 12.3. The average molecular weight is 434 g/mol. The molecule has 1 N–H and O–H groups in total. The largest absolute Gasteiger partial charge is 0.497 e. The summed E-state index contributed by atoms with van der Waals surface area (Å²) in [5.74, 6) is 1.97. The number of fused-ring (bicyclic) bond motifs is 1. The third kappa shape index (κ3) is 5.31. The zero-order valence-corrected chi connectivity index (χ0v) is 18.0. The number of nitrogens with zero attached hydrogens (tertiary/aromatic N) is 3. The van der Waals surface area contributed by atoms with E-state index in [1.165, 1.54) is 5.56 Å². The van der Waals surface area contributed by atoms with Crippen molar-refractivity contribution < 1.29 is 19.0 Å². The molecule has 0 unspecified atom stereocenters. The Kier molecular flexibility index (Phi) is 6.78. The molecule has 8 heteroatoms. The van der Waals surface area contributed by atoms with Gasteiger partial charge in [-0.15, -0.1) is 0 Å². The number of ether oxygens (including phenoxy) is 3. The van der Waals surface area contributed by atoms with Gasteiger partial charge in [0.05, 0.1) is 7.11 Å². The Morgan fingerprint density at radius 1 is 1.09 bits per heavy atom. The van der Waals surface area contributed by atoms with E-state index in [-0.39, 0.29) is 18.3 Å². The lowest BCUT2D eigenvalue weighted by molar-refractivity contribution is -0.117. The number of amides is 1. The van der Waals surface area contributed by atoms with E-state index in [0.29, 0.717) is 6.54 Å². The highest BCUT2D eigenvalue weighted by molar-refractivity contribution is 5.97. The van der Waals surface area contributed by atoms with Crippen LogP contribution in [0.1, 0.15) is 11.1 Å². The molecule has 1 fully saturated rings. The number of carbonyl (C=O) groups is 1. The molecule has 1 amide bonds. The number of hydrogen-bond acceptors (Lipinski definition) is 7. The minimum Gasteiger partial charge on any atom is -0.497 e. The molecule has 0 saturated carbocycles. The minimum absolute atomic E-state index is 0.114. The van der Waals surface area contributed by atoms with Crippen LogP contribution in [-0.2, 0) is 17.9 Å². The zero-order chi connectivity index (χ0) is 22.3. The van der Waals surface area contributed by atoms with Crippen molar-refractivity contribution >= 4 is 5.91 Å². The van der Waals surface area contributed by atoms with E-state index >= 15 is 0 Å². The maximum Gasteiger partial charge on any atom is 0.263 e. The standard InChI is InChI=1S/C24H26N4O4/c1-30-21-5-2-18(3-6-21)14-26-24(29)20(13-25)16-28-10-8-27(9-11-28)15-19-4-7-22-23(12-19)32-17-31-22/h2-7,12,16H,8-11,14-15,17H2,1H3,(H,26,29)/b20-16-. The fraction of sp³-hybridized carbons (Fsp3) is 0.333. The lowest BCUT2D eigenvalue weighted by atomic mass is 10.1. The van der Waals surface area contributed by atoms with E-state index in [1.54, 1.807) is 13.3 Å². The van der Waals surface area contributed by atoms with Crippen LogP contribution in [0.4, 0.5) is 0 Å². The number of benzene rings is 2. The molecule has 2 aliphatic heterocycles. The molecule has 4 rings (SSSR count). The fourth-order valence-corrected chi connectivity index (χ4v) is 3.69. The van der Waals surface area contributed by atoms with Gasteiger partial charge in [0.2, 0.25) is 6.79 Å². The van der Waals surface area contributed by atoms with Crippen LogP contribution >= 0.6 is 0 Å². The molecule has 2 aliphatic rings. The molecule has 8 nitrogen and oxygen atoms in total. The number of nitrogens with one attached hydrogen (secondary N) is 1. The molecular formula is C24H26N4O4. The van der Waals surface area contributed by atoms with Gasteiger partial charge in [0, 0.05) is 45.5 Å². The normalized spacial score (nSPS) is 15.9. The lowest BCUT2D eigenvalue weighted by Gasteiger charge is -2.34. The summed E-state index contributed by atoms with van der Waals surface area (Å²) in [7, 11) is 1.61. The molecule has 0 spiro atoms. The molecule has 2 aromatic carbocycles. The van der Waals surface area contributed by atoms with Crippen LogP contribution < -0.4 is 19.5 Å². The van der Waals surface area contributed by atoms with Crippen LogP contribution in [0.25, 0.3) is 0 Å². The molecule has 0 bridgehead atoms. The quantitative estimate of drug-likeness (QED) is 0.528. The summed E-state index contributed by atoms with van der Waals surface area (Å²) in [6.07, 6.45) is 1.67. The van der Waals surface area contributed by atoms with Gasteiger partial charge in [0.25, 0.3) is 5.91 Å². The molecule has 166 valence electrons. The highest BCUT2D eigenvalue weighted by atomic mass is 16.7. The van der Waals surface area contributed by atoms with Crippen molar-refractivity contribution in [3.05, 3.63) is 65.4 Å². The summed E-state index contributed by atoms with van der Waals surface area (Å²) in [6, 6.07) is 15.5. The number of methoxy groups -OCH3 is 1. The average Bonchev–Trinajstić information content (AvgIpc) is 3.30. The van der Waals surface area contributed by atoms with Gasteiger partial charge >= 0.3 is 0 Å². The molecule has 0 aromatic heterocycles. The molecule has 0 atom stereocenters. The van der Waals surface area contributed by atoms with Gasteiger partial charge in [0.1, 0.15) is 17.4 Å². The minimum atomic E-state index is -0.369. The maximum atomic E-state index is 12.5. The molecule has 32 heavy (non-hydrogen) atoms. The predicted molar refractivity (Wildman–Crippen MR) is 118 cm³/mol. The topological polar surface area (TPSA) is 87.1 Å². The summed E-state index contributed by atoms with van der Waals surface area (Å²) in [4.78, 5) is 16.8. The van der Waals surface area contributed by atoms with Crippen LogP contribution in [0.15, 0.2) is 54.2 Å². The van der Waals surface area contributed by atoms with Crippen molar-refractivity contribution in [1.82, 2.24) is 15.1 Å². The van der Waals surface area contributed by atoms with Gasteiger partial charge in [-0.05, 0) is 35.4 Å². The second-order valence-corrected chi connectivity index (χ2v) is 7.69. The molecule has 0 radical (unpaired) electrons. The Balaban J connectivity index is 1.26. The van der Waals surface area contributed by atoms with Gasteiger partial charge in [-0.25, -0.2) is 0 Å². The molecule has 1 saturated heterocycles. The summed E-state index contributed by atoms with van der Waals surface area (Å²) < 4.78 is 15.9. The number of hydrogen-bond donors (Lipinski definition) is 1. The van der Waals surface area contributed by atoms with Crippen LogP contribution in [0.3, 0.4) is 0 Å². The Morgan fingerprint density at radius 3 is 2.53 bits per heavy atom. The van der Waals surface area contributed by atoms with Gasteiger partial charge in [-0.3, -0.25) is 9.69 Å². The lowest BCUT2D eigenvalue weighted by Crippen LogP contribution is -2.44. The van der Waals surface area contributed by atoms with Crippen LogP contribution in [-0.4, -0.2) is 55.8 Å². The number of rotatable bonds is 7. The van der Waals surface area contributed by atoms with E-state index in [9.17, 15) is 10.1 Å². The van der Waals surface area contributed by atoms with Gasteiger partial charge in [0.15, 0.2) is 11.5 Å². The number of piperazine rings is 1. The highest BCUT2D eigenvalue weighted by Crippen LogP contribution is 2.32. The van der Waals surface area contributed by atoms with Gasteiger partial charge < -0.3 is 24.4 Å². The van der Waals surface area contributed by atoms with Crippen molar-refractivity contribution in [1.29, 1.82) is 5.26 Å². The number of carbonyl (C=O) groups excluding carboxylic acids is 1.